The lowest BCUT2D eigenvalue weighted by Gasteiger charge is -2.33. The smallest absolute Gasteiger partial charge is 0.326 e. The number of likely N-dealkylation sites (tertiary alicyclic amines) is 1. The Balaban J connectivity index is 1.52. The number of hydrogen-bond donors (Lipinski definition) is 1. The Labute approximate surface area is 145 Å². The molecule has 3 rings (SSSR count). The van der Waals surface area contributed by atoms with Gasteiger partial charge in [-0.05, 0) is 30.9 Å². The molecule has 25 heavy (non-hydrogen) atoms. The molecule has 1 aromatic carbocycles. The molecule has 1 amide bonds. The highest BCUT2D eigenvalue weighted by Crippen LogP contribution is 2.19. The number of tetrazole rings is 1. The minimum absolute atomic E-state index is 0.115. The number of carboxylic acid groups (broad SMARTS) is 1. The first-order valence-electron chi connectivity index (χ1n) is 8.50. The van der Waals surface area contributed by atoms with E-state index in [-0.39, 0.29) is 12.3 Å². The van der Waals surface area contributed by atoms with Gasteiger partial charge >= 0.3 is 5.97 Å². The number of aryl methyl sites for hydroxylation is 1. The van der Waals surface area contributed by atoms with E-state index < -0.39 is 12.0 Å². The van der Waals surface area contributed by atoms with Crippen LogP contribution < -0.4 is 0 Å². The topological polar surface area (TPSA) is 101 Å². The summed E-state index contributed by atoms with van der Waals surface area (Å²) in [5.41, 5.74) is 0.891. The zero-order chi connectivity index (χ0) is 17.6. The minimum atomic E-state index is -0.918. The van der Waals surface area contributed by atoms with Crippen LogP contribution in [0.2, 0.25) is 0 Å². The fourth-order valence-electron chi connectivity index (χ4n) is 3.04. The van der Waals surface area contributed by atoms with Crippen LogP contribution in [0.3, 0.4) is 0 Å². The second-order valence-electron chi connectivity index (χ2n) is 6.12. The van der Waals surface area contributed by atoms with Crippen LogP contribution in [-0.4, -0.2) is 54.7 Å². The lowest BCUT2D eigenvalue weighted by Crippen LogP contribution is -2.47. The summed E-state index contributed by atoms with van der Waals surface area (Å²) < 4.78 is 0. The summed E-state index contributed by atoms with van der Waals surface area (Å²) in [5.74, 6) is -0.483. The molecule has 0 aliphatic carbocycles. The lowest BCUT2D eigenvalue weighted by atomic mass is 10.0. The highest BCUT2D eigenvalue weighted by atomic mass is 16.4. The van der Waals surface area contributed by atoms with Gasteiger partial charge in [0, 0.05) is 18.5 Å². The van der Waals surface area contributed by atoms with Gasteiger partial charge in [0.1, 0.15) is 6.04 Å². The maximum atomic E-state index is 12.3. The fraction of sp³-hybridized carbons (Fsp3) is 0.471. The van der Waals surface area contributed by atoms with Crippen molar-refractivity contribution in [3.05, 3.63) is 30.3 Å². The number of amides is 1. The van der Waals surface area contributed by atoms with Crippen LogP contribution in [0, 0.1) is 0 Å². The third-order valence-electron chi connectivity index (χ3n) is 4.34. The molecular formula is C17H21N5O3. The summed E-state index contributed by atoms with van der Waals surface area (Å²) in [7, 11) is 0. The van der Waals surface area contributed by atoms with E-state index in [4.69, 9.17) is 0 Å². The maximum Gasteiger partial charge on any atom is 0.326 e. The fourth-order valence-corrected chi connectivity index (χ4v) is 3.04. The van der Waals surface area contributed by atoms with E-state index in [2.05, 4.69) is 15.4 Å². The Bertz CT molecular complexity index is 731. The lowest BCUT2D eigenvalue weighted by molar-refractivity contribution is -0.152. The molecule has 2 heterocycles. The summed E-state index contributed by atoms with van der Waals surface area (Å²) in [6, 6.07) is 8.87. The Hall–Kier alpha value is -2.77. The van der Waals surface area contributed by atoms with E-state index in [0.29, 0.717) is 31.8 Å². The first-order valence-corrected chi connectivity index (χ1v) is 8.50. The van der Waals surface area contributed by atoms with Crippen molar-refractivity contribution in [1.29, 1.82) is 0 Å². The number of aliphatic carboxylic acids is 1. The van der Waals surface area contributed by atoms with Crippen LogP contribution in [0.25, 0.3) is 11.4 Å². The first kappa shape index (κ1) is 17.1. The summed E-state index contributed by atoms with van der Waals surface area (Å²) in [6.45, 7) is 0.993. The van der Waals surface area contributed by atoms with E-state index in [1.54, 1.807) is 0 Å². The van der Waals surface area contributed by atoms with Gasteiger partial charge in [-0.3, -0.25) is 4.79 Å². The average Bonchev–Trinajstić information content (AvgIpc) is 3.11. The number of rotatable bonds is 6. The van der Waals surface area contributed by atoms with Crippen LogP contribution in [-0.2, 0) is 16.1 Å². The van der Waals surface area contributed by atoms with Crippen molar-refractivity contribution in [2.75, 3.05) is 6.54 Å². The SMILES string of the molecule is O=C(O)[C@H]1CCCCN1C(=O)CCCn1nnc(-c2ccccc2)n1. The van der Waals surface area contributed by atoms with Crippen molar-refractivity contribution < 1.29 is 14.7 Å². The van der Waals surface area contributed by atoms with Gasteiger partial charge in [0.05, 0.1) is 6.54 Å². The Morgan fingerprint density at radius 3 is 2.76 bits per heavy atom. The third kappa shape index (κ3) is 4.20. The molecule has 132 valence electrons. The summed E-state index contributed by atoms with van der Waals surface area (Å²) >= 11 is 0. The van der Waals surface area contributed by atoms with Crippen molar-refractivity contribution in [2.24, 2.45) is 0 Å². The molecule has 2 aromatic rings. The third-order valence-corrected chi connectivity index (χ3v) is 4.34. The van der Waals surface area contributed by atoms with Gasteiger partial charge < -0.3 is 10.0 Å². The number of aromatic nitrogens is 4. The molecule has 0 radical (unpaired) electrons. The molecule has 8 heteroatoms. The van der Waals surface area contributed by atoms with Gasteiger partial charge in [-0.1, -0.05) is 30.3 Å². The first-order chi connectivity index (χ1) is 12.1. The number of carbonyl (C=O) groups is 2. The van der Waals surface area contributed by atoms with E-state index in [1.165, 1.54) is 9.70 Å². The molecule has 0 unspecified atom stereocenters. The predicted molar refractivity (Wildman–Crippen MR) is 89.5 cm³/mol. The van der Waals surface area contributed by atoms with Gasteiger partial charge in [-0.2, -0.15) is 4.80 Å². The Morgan fingerprint density at radius 2 is 2.00 bits per heavy atom. The molecule has 0 saturated carbocycles. The second kappa shape index (κ2) is 7.87. The quantitative estimate of drug-likeness (QED) is 0.854. The molecule has 1 fully saturated rings. The van der Waals surface area contributed by atoms with Crippen molar-refractivity contribution >= 4 is 11.9 Å². The minimum Gasteiger partial charge on any atom is -0.480 e. The highest BCUT2D eigenvalue weighted by Gasteiger charge is 2.31. The molecule has 1 N–H and O–H groups in total. The molecule has 0 bridgehead atoms. The van der Waals surface area contributed by atoms with Crippen LogP contribution in [0.5, 0.6) is 0 Å². The largest absolute Gasteiger partial charge is 0.480 e. The Kier molecular flexibility index (Phi) is 5.37. The number of piperidine rings is 1. The molecule has 1 aliphatic rings. The zero-order valence-electron chi connectivity index (χ0n) is 13.9. The molecule has 1 atom stereocenters. The van der Waals surface area contributed by atoms with Crippen molar-refractivity contribution in [3.8, 4) is 11.4 Å². The number of benzene rings is 1. The van der Waals surface area contributed by atoms with E-state index in [0.717, 1.165) is 18.4 Å². The zero-order valence-corrected chi connectivity index (χ0v) is 13.9. The summed E-state index contributed by atoms with van der Waals surface area (Å²) in [4.78, 5) is 26.6. The van der Waals surface area contributed by atoms with Crippen LogP contribution in [0.1, 0.15) is 32.1 Å². The van der Waals surface area contributed by atoms with Gasteiger partial charge in [-0.15, -0.1) is 10.2 Å². The van der Waals surface area contributed by atoms with Crippen molar-refractivity contribution in [3.63, 3.8) is 0 Å². The monoisotopic (exact) mass is 343 g/mol. The molecule has 1 aliphatic heterocycles. The number of carboxylic acids is 1. The van der Waals surface area contributed by atoms with E-state index in [1.807, 2.05) is 30.3 Å². The number of hydrogen-bond acceptors (Lipinski definition) is 5. The number of carbonyl (C=O) groups excluding carboxylic acids is 1. The summed E-state index contributed by atoms with van der Waals surface area (Å²) in [5, 5.41) is 21.6. The maximum absolute atomic E-state index is 12.3. The van der Waals surface area contributed by atoms with Gasteiger partial charge in [0.15, 0.2) is 0 Å². The van der Waals surface area contributed by atoms with Crippen LogP contribution in [0.4, 0.5) is 0 Å². The normalized spacial score (nSPS) is 17.4. The molecule has 8 nitrogen and oxygen atoms in total. The number of nitrogens with zero attached hydrogens (tertiary/aromatic N) is 5. The van der Waals surface area contributed by atoms with Crippen molar-refractivity contribution in [2.45, 2.75) is 44.7 Å². The molecule has 0 spiro atoms. The van der Waals surface area contributed by atoms with Crippen LogP contribution in [0.15, 0.2) is 30.3 Å². The van der Waals surface area contributed by atoms with Gasteiger partial charge in [-0.25, -0.2) is 4.79 Å². The van der Waals surface area contributed by atoms with Crippen LogP contribution >= 0.6 is 0 Å². The Morgan fingerprint density at radius 1 is 1.20 bits per heavy atom. The van der Waals surface area contributed by atoms with Gasteiger partial charge in [0.2, 0.25) is 11.7 Å². The predicted octanol–water partition coefficient (Wildman–Crippen LogP) is 1.59. The van der Waals surface area contributed by atoms with Gasteiger partial charge in [0.25, 0.3) is 0 Å². The second-order valence-corrected chi connectivity index (χ2v) is 6.12. The molecular weight excluding hydrogens is 322 g/mol. The summed E-state index contributed by atoms with van der Waals surface area (Å²) in [6.07, 6.45) is 3.08. The van der Waals surface area contributed by atoms with E-state index >= 15 is 0 Å². The average molecular weight is 343 g/mol. The standard InChI is InChI=1S/C17H21N5O3/c23-15(21-11-5-4-9-14(21)17(24)25)10-6-12-22-19-16(18-20-22)13-7-2-1-3-8-13/h1-3,7-8,14H,4-6,9-12H2,(H,24,25)/t14-/m1/s1. The molecule has 1 aromatic heterocycles. The van der Waals surface area contributed by atoms with Crippen molar-refractivity contribution in [1.82, 2.24) is 25.1 Å². The highest BCUT2D eigenvalue weighted by molar-refractivity contribution is 5.83. The van der Waals surface area contributed by atoms with E-state index in [9.17, 15) is 14.7 Å². The molecule has 1 saturated heterocycles.